The van der Waals surface area contributed by atoms with Crippen LogP contribution in [0, 0.1) is 0 Å². The van der Waals surface area contributed by atoms with E-state index in [0.29, 0.717) is 6.61 Å². The third-order valence-corrected chi connectivity index (χ3v) is 3.90. The topological polar surface area (TPSA) is 48.9 Å². The normalized spacial score (nSPS) is 11.5. The van der Waals surface area contributed by atoms with Crippen LogP contribution in [0.3, 0.4) is 0 Å². The second kappa shape index (κ2) is 11.2. The minimum absolute atomic E-state index is 0.680. The van der Waals surface area contributed by atoms with Crippen LogP contribution in [0.1, 0.15) is 17.5 Å². The zero-order valence-corrected chi connectivity index (χ0v) is 16.0. The van der Waals surface area contributed by atoms with E-state index in [0.717, 1.165) is 37.8 Å². The Bertz CT molecular complexity index is 671. The molecule has 0 bridgehead atoms. The van der Waals surface area contributed by atoms with Crippen LogP contribution in [0.15, 0.2) is 59.6 Å². The molecule has 0 saturated heterocycles. The summed E-state index contributed by atoms with van der Waals surface area (Å²) in [4.78, 5) is 6.47. The lowest BCUT2D eigenvalue weighted by molar-refractivity contribution is 0.311. The predicted octanol–water partition coefficient (Wildman–Crippen LogP) is 2.88. The highest BCUT2D eigenvalue weighted by Crippen LogP contribution is 2.10. The lowest BCUT2D eigenvalue weighted by Crippen LogP contribution is -2.37. The van der Waals surface area contributed by atoms with Gasteiger partial charge >= 0.3 is 0 Å². The first kappa shape index (κ1) is 19.8. The molecular weight excluding hydrogens is 324 g/mol. The minimum Gasteiger partial charge on any atom is -0.494 e. The van der Waals surface area contributed by atoms with E-state index >= 15 is 0 Å². The summed E-state index contributed by atoms with van der Waals surface area (Å²) in [5.41, 5.74) is 2.62. The number of ether oxygens (including phenoxy) is 1. The number of guanidine groups is 1. The molecule has 0 aliphatic heterocycles. The Hall–Kier alpha value is -2.53. The maximum Gasteiger partial charge on any atom is 0.191 e. The maximum atomic E-state index is 5.70. The van der Waals surface area contributed by atoms with Gasteiger partial charge in [-0.2, -0.15) is 0 Å². The van der Waals surface area contributed by atoms with Crippen molar-refractivity contribution in [2.24, 2.45) is 4.99 Å². The van der Waals surface area contributed by atoms with Gasteiger partial charge in [0.25, 0.3) is 0 Å². The first-order chi connectivity index (χ1) is 12.7. The van der Waals surface area contributed by atoms with Crippen molar-refractivity contribution in [2.45, 2.75) is 19.5 Å². The van der Waals surface area contributed by atoms with Gasteiger partial charge in [0.1, 0.15) is 5.75 Å². The fourth-order valence-electron chi connectivity index (χ4n) is 2.61. The third-order valence-electron chi connectivity index (χ3n) is 3.90. The highest BCUT2D eigenvalue weighted by molar-refractivity contribution is 5.79. The Balaban J connectivity index is 1.71. The number of para-hydroxylation sites is 1. The summed E-state index contributed by atoms with van der Waals surface area (Å²) in [5, 5.41) is 6.72. The van der Waals surface area contributed by atoms with Crippen LogP contribution < -0.4 is 15.4 Å². The average molecular weight is 354 g/mol. The third kappa shape index (κ3) is 7.15. The van der Waals surface area contributed by atoms with Gasteiger partial charge in [0.2, 0.25) is 0 Å². The molecule has 26 heavy (non-hydrogen) atoms. The highest BCUT2D eigenvalue weighted by Gasteiger charge is 2.04. The number of aliphatic imine (C=N–C) groups is 1. The van der Waals surface area contributed by atoms with Crippen molar-refractivity contribution in [3.05, 3.63) is 65.7 Å². The van der Waals surface area contributed by atoms with Gasteiger partial charge in [-0.15, -0.1) is 0 Å². The van der Waals surface area contributed by atoms with Gasteiger partial charge in [0.15, 0.2) is 5.96 Å². The summed E-state index contributed by atoms with van der Waals surface area (Å²) >= 11 is 0. The quantitative estimate of drug-likeness (QED) is 0.413. The Morgan fingerprint density at radius 3 is 2.35 bits per heavy atom. The van der Waals surface area contributed by atoms with Gasteiger partial charge in [-0.05, 0) is 43.8 Å². The van der Waals surface area contributed by atoms with E-state index in [-0.39, 0.29) is 0 Å². The molecule has 0 amide bonds. The molecule has 0 heterocycles. The summed E-state index contributed by atoms with van der Waals surface area (Å²) in [6.07, 6.45) is 0.910. The summed E-state index contributed by atoms with van der Waals surface area (Å²) in [6.45, 7) is 3.18. The van der Waals surface area contributed by atoms with Crippen LogP contribution in [-0.2, 0) is 13.1 Å². The molecule has 2 aromatic rings. The molecule has 2 rings (SSSR count). The van der Waals surface area contributed by atoms with Crippen molar-refractivity contribution in [2.75, 3.05) is 34.3 Å². The molecule has 5 heteroatoms. The fourth-order valence-corrected chi connectivity index (χ4v) is 2.61. The second-order valence-electron chi connectivity index (χ2n) is 6.37. The molecule has 0 unspecified atom stereocenters. The maximum absolute atomic E-state index is 5.70. The number of hydrogen-bond acceptors (Lipinski definition) is 3. The van der Waals surface area contributed by atoms with Crippen LogP contribution in [-0.4, -0.2) is 45.2 Å². The lowest BCUT2D eigenvalue weighted by Gasteiger charge is -2.16. The Kier molecular flexibility index (Phi) is 8.49. The molecule has 0 saturated carbocycles. The van der Waals surface area contributed by atoms with E-state index in [1.54, 1.807) is 7.05 Å². The van der Waals surface area contributed by atoms with Crippen molar-refractivity contribution in [3.63, 3.8) is 0 Å². The molecule has 2 aromatic carbocycles. The number of nitrogens with one attached hydrogen (secondary N) is 2. The number of rotatable bonds is 9. The molecule has 140 valence electrons. The Morgan fingerprint density at radius 2 is 1.65 bits per heavy atom. The zero-order chi connectivity index (χ0) is 18.6. The molecule has 0 aliphatic rings. The first-order valence-corrected chi connectivity index (χ1v) is 9.03. The van der Waals surface area contributed by atoms with E-state index in [4.69, 9.17) is 4.74 Å². The van der Waals surface area contributed by atoms with Crippen LogP contribution in [0.2, 0.25) is 0 Å². The summed E-state index contributed by atoms with van der Waals surface area (Å²) in [7, 11) is 5.96. The number of benzene rings is 2. The van der Waals surface area contributed by atoms with Crippen LogP contribution in [0.4, 0.5) is 0 Å². The molecule has 0 atom stereocenters. The van der Waals surface area contributed by atoms with Gasteiger partial charge < -0.3 is 20.3 Å². The van der Waals surface area contributed by atoms with E-state index < -0.39 is 0 Å². The smallest absolute Gasteiger partial charge is 0.191 e. The van der Waals surface area contributed by atoms with Gasteiger partial charge in [-0.25, -0.2) is 0 Å². The van der Waals surface area contributed by atoms with E-state index in [1.807, 2.05) is 30.3 Å². The van der Waals surface area contributed by atoms with Gasteiger partial charge in [-0.3, -0.25) is 4.99 Å². The second-order valence-corrected chi connectivity index (χ2v) is 6.37. The van der Waals surface area contributed by atoms with E-state index in [9.17, 15) is 0 Å². The molecule has 2 N–H and O–H groups in total. The molecule has 0 radical (unpaired) electrons. The largest absolute Gasteiger partial charge is 0.494 e. The van der Waals surface area contributed by atoms with E-state index in [1.165, 1.54) is 11.1 Å². The summed E-state index contributed by atoms with van der Waals surface area (Å²) in [6, 6.07) is 18.4. The molecule has 0 fully saturated rings. The lowest BCUT2D eigenvalue weighted by atomic mass is 10.1. The molecule has 0 aromatic heterocycles. The van der Waals surface area contributed by atoms with Crippen molar-refractivity contribution >= 4 is 5.96 Å². The van der Waals surface area contributed by atoms with Crippen molar-refractivity contribution in [3.8, 4) is 5.75 Å². The number of nitrogens with zero attached hydrogens (tertiary/aromatic N) is 2. The predicted molar refractivity (Wildman–Crippen MR) is 109 cm³/mol. The van der Waals surface area contributed by atoms with Crippen LogP contribution in [0.25, 0.3) is 0 Å². The Labute approximate surface area is 157 Å². The first-order valence-electron chi connectivity index (χ1n) is 9.03. The van der Waals surface area contributed by atoms with Crippen LogP contribution in [0.5, 0.6) is 5.75 Å². The van der Waals surface area contributed by atoms with Crippen molar-refractivity contribution in [1.29, 1.82) is 0 Å². The molecular formula is C21H30N4O. The molecule has 5 nitrogen and oxygen atoms in total. The summed E-state index contributed by atoms with van der Waals surface area (Å²) < 4.78 is 5.70. The van der Waals surface area contributed by atoms with Crippen LogP contribution >= 0.6 is 0 Å². The van der Waals surface area contributed by atoms with Gasteiger partial charge in [0, 0.05) is 26.7 Å². The SMILES string of the molecule is CN=C(NCCCOc1ccccc1)NCc1ccccc1CN(C)C. The minimum atomic E-state index is 0.680. The monoisotopic (exact) mass is 354 g/mol. The standard InChI is InChI=1S/C21H30N4O/c1-22-21(23-14-9-15-26-20-12-5-4-6-13-20)24-16-18-10-7-8-11-19(18)17-25(2)3/h4-8,10-13H,9,14-17H2,1-3H3,(H2,22,23,24). The summed E-state index contributed by atoms with van der Waals surface area (Å²) in [5.74, 6) is 1.72. The Morgan fingerprint density at radius 1 is 0.962 bits per heavy atom. The van der Waals surface area contributed by atoms with Crippen molar-refractivity contribution in [1.82, 2.24) is 15.5 Å². The average Bonchev–Trinajstić information content (AvgIpc) is 2.65. The molecule has 0 spiro atoms. The molecule has 0 aliphatic carbocycles. The zero-order valence-electron chi connectivity index (χ0n) is 16.0. The highest BCUT2D eigenvalue weighted by atomic mass is 16.5. The fraction of sp³-hybridized carbons (Fsp3) is 0.381. The number of hydrogen-bond donors (Lipinski definition) is 2. The van der Waals surface area contributed by atoms with Gasteiger partial charge in [-0.1, -0.05) is 42.5 Å². The van der Waals surface area contributed by atoms with Crippen molar-refractivity contribution < 1.29 is 4.74 Å². The van der Waals surface area contributed by atoms with Gasteiger partial charge in [0.05, 0.1) is 6.61 Å². The van der Waals surface area contributed by atoms with E-state index in [2.05, 4.69) is 58.9 Å².